The molecular weight excluding hydrogens is 382 g/mol. The molecule has 11 nitrogen and oxygen atoms in total. The Morgan fingerprint density at radius 2 is 1.89 bits per heavy atom. The van der Waals surface area contributed by atoms with E-state index in [0.29, 0.717) is 10.3 Å². The van der Waals surface area contributed by atoms with Crippen LogP contribution in [0, 0.1) is 0 Å². The van der Waals surface area contributed by atoms with Crippen LogP contribution in [0.25, 0.3) is 0 Å². The van der Waals surface area contributed by atoms with Gasteiger partial charge in [0.2, 0.25) is 5.88 Å². The molecule has 0 aliphatic rings. The third kappa shape index (κ3) is 4.13. The van der Waals surface area contributed by atoms with Gasteiger partial charge >= 0.3 is 5.69 Å². The molecule has 0 radical (unpaired) electrons. The first-order valence-electron chi connectivity index (χ1n) is 7.53. The van der Waals surface area contributed by atoms with Gasteiger partial charge in [-0.15, -0.1) is 0 Å². The van der Waals surface area contributed by atoms with E-state index in [9.17, 15) is 28.2 Å². The van der Waals surface area contributed by atoms with Crippen molar-refractivity contribution in [1.82, 2.24) is 14.6 Å². The number of nitrogens with zero attached hydrogens (tertiary/aromatic N) is 2. The number of rotatable bonds is 7. The highest BCUT2D eigenvalue weighted by molar-refractivity contribution is 7.91. The lowest BCUT2D eigenvalue weighted by molar-refractivity contribution is -0.148. The monoisotopic (exact) mass is 401 g/mol. The van der Waals surface area contributed by atoms with Crippen LogP contribution in [0.1, 0.15) is 0 Å². The standard InChI is InChI=1S/C15H19N3O8S/c1-17-7-12(19)18(14(17)21)8-15(22,13(20)16-23)9-27(24,25)11-5-3-10(26-2)4-6-11/h3-7,19,22-23H,8-9H2,1-2H3,(H,16,20). The van der Waals surface area contributed by atoms with E-state index in [2.05, 4.69) is 0 Å². The van der Waals surface area contributed by atoms with E-state index in [-0.39, 0.29) is 4.90 Å². The summed E-state index contributed by atoms with van der Waals surface area (Å²) in [5.74, 6) is -2.79. The van der Waals surface area contributed by atoms with Crippen LogP contribution in [-0.4, -0.2) is 57.3 Å². The number of carbonyl (C=O) groups excluding carboxylic acids is 1. The van der Waals surface area contributed by atoms with E-state index in [1.54, 1.807) is 0 Å². The number of aliphatic hydroxyl groups is 1. The Kier molecular flexibility index (Phi) is 5.63. The minimum atomic E-state index is -4.22. The van der Waals surface area contributed by atoms with Crippen LogP contribution in [-0.2, 0) is 28.2 Å². The van der Waals surface area contributed by atoms with Gasteiger partial charge in [-0.05, 0) is 24.3 Å². The van der Waals surface area contributed by atoms with E-state index in [1.165, 1.54) is 43.9 Å². The normalized spacial score (nSPS) is 13.8. The van der Waals surface area contributed by atoms with Crippen LogP contribution in [0.3, 0.4) is 0 Å². The van der Waals surface area contributed by atoms with Gasteiger partial charge in [0.05, 0.1) is 30.5 Å². The summed E-state index contributed by atoms with van der Waals surface area (Å²) < 4.78 is 31.8. The van der Waals surface area contributed by atoms with E-state index < -0.39 is 45.2 Å². The molecule has 0 spiro atoms. The molecule has 0 fully saturated rings. The number of hydrogen-bond donors (Lipinski definition) is 4. The van der Waals surface area contributed by atoms with Crippen molar-refractivity contribution in [2.75, 3.05) is 12.9 Å². The Hall–Kier alpha value is -2.83. The molecule has 12 heteroatoms. The molecule has 0 saturated heterocycles. The van der Waals surface area contributed by atoms with Crippen LogP contribution in [0.15, 0.2) is 40.2 Å². The zero-order valence-electron chi connectivity index (χ0n) is 14.5. The average molecular weight is 401 g/mol. The second-order valence-electron chi connectivity index (χ2n) is 5.87. The summed E-state index contributed by atoms with van der Waals surface area (Å²) in [5, 5.41) is 29.3. The minimum Gasteiger partial charge on any atom is -0.497 e. The van der Waals surface area contributed by atoms with E-state index >= 15 is 0 Å². The Morgan fingerprint density at radius 3 is 2.33 bits per heavy atom. The number of hydroxylamine groups is 1. The fraction of sp³-hybridized carbons (Fsp3) is 0.333. The smallest absolute Gasteiger partial charge is 0.330 e. The first-order chi connectivity index (χ1) is 12.5. The molecule has 1 unspecified atom stereocenters. The van der Waals surface area contributed by atoms with Gasteiger partial charge in [0.1, 0.15) is 5.75 Å². The summed E-state index contributed by atoms with van der Waals surface area (Å²) in [6.45, 7) is -0.902. The highest BCUT2D eigenvalue weighted by Crippen LogP contribution is 2.22. The van der Waals surface area contributed by atoms with Gasteiger partial charge in [-0.3, -0.25) is 19.1 Å². The summed E-state index contributed by atoms with van der Waals surface area (Å²) in [6, 6.07) is 5.20. The topological polar surface area (TPSA) is 160 Å². The Balaban J connectivity index is 2.43. The molecule has 2 aromatic rings. The van der Waals surface area contributed by atoms with Crippen molar-refractivity contribution in [2.24, 2.45) is 7.05 Å². The minimum absolute atomic E-state index is 0.211. The number of hydrogen-bond acceptors (Lipinski definition) is 8. The lowest BCUT2D eigenvalue weighted by Crippen LogP contribution is -2.54. The lowest BCUT2D eigenvalue weighted by Gasteiger charge is -2.25. The second-order valence-corrected chi connectivity index (χ2v) is 7.86. The molecule has 148 valence electrons. The molecule has 27 heavy (non-hydrogen) atoms. The first kappa shape index (κ1) is 20.5. The van der Waals surface area contributed by atoms with E-state index in [0.717, 1.165) is 10.8 Å². The number of imidazole rings is 1. The fourth-order valence-corrected chi connectivity index (χ4v) is 4.03. The quantitative estimate of drug-likeness (QED) is 0.326. The predicted octanol–water partition coefficient (Wildman–Crippen LogP) is -1.39. The number of aromatic nitrogens is 2. The number of benzene rings is 1. The summed E-state index contributed by atoms with van der Waals surface area (Å²) in [5.41, 5.74) is -2.35. The number of nitrogens with one attached hydrogen (secondary N) is 1. The molecule has 1 atom stereocenters. The predicted molar refractivity (Wildman–Crippen MR) is 91.3 cm³/mol. The van der Waals surface area contributed by atoms with Crippen molar-refractivity contribution in [3.05, 3.63) is 40.9 Å². The van der Waals surface area contributed by atoms with Crippen molar-refractivity contribution in [3.8, 4) is 11.6 Å². The summed E-state index contributed by atoms with van der Waals surface area (Å²) >= 11 is 0. The molecule has 2 rings (SSSR count). The van der Waals surface area contributed by atoms with Crippen molar-refractivity contribution >= 4 is 15.7 Å². The number of methoxy groups -OCH3 is 1. The van der Waals surface area contributed by atoms with Crippen molar-refractivity contribution in [3.63, 3.8) is 0 Å². The maximum Gasteiger partial charge on any atom is 0.330 e. The molecule has 0 aliphatic heterocycles. The SMILES string of the molecule is COc1ccc(S(=O)(=O)CC(O)(Cn2c(O)cn(C)c2=O)C(=O)NO)cc1. The average Bonchev–Trinajstić information content (AvgIpc) is 2.86. The van der Waals surface area contributed by atoms with Gasteiger partial charge in [-0.25, -0.2) is 18.7 Å². The second kappa shape index (κ2) is 7.42. The number of aromatic hydroxyl groups is 1. The summed E-state index contributed by atoms with van der Waals surface area (Å²) in [7, 11) is -1.50. The Labute approximate surface area is 153 Å². The maximum absolute atomic E-state index is 12.6. The number of ether oxygens (including phenoxy) is 1. The van der Waals surface area contributed by atoms with Crippen molar-refractivity contribution in [1.29, 1.82) is 0 Å². The van der Waals surface area contributed by atoms with E-state index in [4.69, 9.17) is 9.94 Å². The number of aryl methyl sites for hydroxylation is 1. The van der Waals surface area contributed by atoms with Gasteiger partial charge < -0.3 is 14.9 Å². The molecule has 1 aromatic heterocycles. The molecule has 1 aromatic carbocycles. The van der Waals surface area contributed by atoms with Crippen molar-refractivity contribution < 1.29 is 33.4 Å². The van der Waals surface area contributed by atoms with Crippen LogP contribution < -0.4 is 15.9 Å². The van der Waals surface area contributed by atoms with Gasteiger partial charge in [0.25, 0.3) is 5.91 Å². The van der Waals surface area contributed by atoms with Crippen molar-refractivity contribution in [2.45, 2.75) is 17.0 Å². The maximum atomic E-state index is 12.6. The van der Waals surface area contributed by atoms with Gasteiger partial charge in [-0.1, -0.05) is 0 Å². The number of amides is 1. The zero-order valence-corrected chi connectivity index (χ0v) is 15.3. The Bertz CT molecular complexity index is 993. The van der Waals surface area contributed by atoms with Gasteiger partial charge in [0.15, 0.2) is 15.4 Å². The third-order valence-corrected chi connectivity index (χ3v) is 5.76. The third-order valence-electron chi connectivity index (χ3n) is 3.91. The van der Waals surface area contributed by atoms with Gasteiger partial charge in [-0.2, -0.15) is 0 Å². The highest BCUT2D eigenvalue weighted by atomic mass is 32.2. The first-order valence-corrected chi connectivity index (χ1v) is 9.18. The largest absolute Gasteiger partial charge is 0.497 e. The summed E-state index contributed by atoms with van der Waals surface area (Å²) in [4.78, 5) is 23.7. The van der Waals surface area contributed by atoms with Gasteiger partial charge in [0, 0.05) is 7.05 Å². The highest BCUT2D eigenvalue weighted by Gasteiger charge is 2.42. The molecule has 0 bridgehead atoms. The number of sulfone groups is 1. The Morgan fingerprint density at radius 1 is 1.30 bits per heavy atom. The molecule has 1 heterocycles. The zero-order chi connectivity index (χ0) is 20.4. The molecule has 1 amide bonds. The molecule has 0 saturated carbocycles. The molecular formula is C15H19N3O8S. The molecule has 0 aliphatic carbocycles. The molecule has 4 N–H and O–H groups in total. The van der Waals surface area contributed by atoms with Crippen LogP contribution in [0.5, 0.6) is 11.6 Å². The van der Waals surface area contributed by atoms with E-state index in [1.807, 2.05) is 0 Å². The summed E-state index contributed by atoms with van der Waals surface area (Å²) in [6.07, 6.45) is 1.03. The lowest BCUT2D eigenvalue weighted by atomic mass is 10.1. The number of carbonyl (C=O) groups is 1. The fourth-order valence-electron chi connectivity index (χ4n) is 2.46. The van der Waals surface area contributed by atoms with Crippen LogP contribution >= 0.6 is 0 Å². The van der Waals surface area contributed by atoms with Crippen LogP contribution in [0.4, 0.5) is 0 Å². The van der Waals surface area contributed by atoms with Crippen LogP contribution in [0.2, 0.25) is 0 Å².